The number of rotatable bonds is 4. The smallest absolute Gasteiger partial charge is 0.335 e. The molecule has 92 valence electrons. The van der Waals surface area contributed by atoms with Gasteiger partial charge in [0, 0.05) is 7.05 Å². The van der Waals surface area contributed by atoms with Crippen LogP contribution in [-0.2, 0) is 4.79 Å². The van der Waals surface area contributed by atoms with E-state index in [0.717, 1.165) is 6.07 Å². The quantitative estimate of drug-likeness (QED) is 0.825. The highest BCUT2D eigenvalue weighted by atomic mass is 19.1. The lowest BCUT2D eigenvalue weighted by Gasteiger charge is -2.13. The third kappa shape index (κ3) is 3.17. The van der Waals surface area contributed by atoms with E-state index in [9.17, 15) is 14.0 Å². The van der Waals surface area contributed by atoms with E-state index in [4.69, 9.17) is 9.84 Å². The summed E-state index contributed by atoms with van der Waals surface area (Å²) < 4.78 is 18.5. The van der Waals surface area contributed by atoms with Crippen LogP contribution in [0.2, 0.25) is 0 Å². The summed E-state index contributed by atoms with van der Waals surface area (Å²) in [5.74, 6) is -2.60. The molecule has 0 bridgehead atoms. The molecule has 0 spiro atoms. The summed E-state index contributed by atoms with van der Waals surface area (Å²) in [5, 5.41) is 11.0. The Morgan fingerprint density at radius 3 is 2.59 bits per heavy atom. The number of carbonyl (C=O) groups is 2. The Bertz CT molecular complexity index is 447. The van der Waals surface area contributed by atoms with Crippen LogP contribution in [0.1, 0.15) is 17.3 Å². The molecule has 1 rings (SSSR count). The van der Waals surface area contributed by atoms with Crippen molar-refractivity contribution in [3.05, 3.63) is 29.6 Å². The van der Waals surface area contributed by atoms with Gasteiger partial charge in [-0.1, -0.05) is 0 Å². The van der Waals surface area contributed by atoms with Crippen LogP contribution in [0.3, 0.4) is 0 Å². The van der Waals surface area contributed by atoms with Gasteiger partial charge in [0.1, 0.15) is 0 Å². The van der Waals surface area contributed by atoms with Gasteiger partial charge in [-0.2, -0.15) is 0 Å². The van der Waals surface area contributed by atoms with E-state index >= 15 is 0 Å². The minimum absolute atomic E-state index is 0.161. The fourth-order valence-electron chi connectivity index (χ4n) is 1.18. The SMILES string of the molecule is CNC(=O)C(C)Oc1ccc(C(=O)O)cc1F. The summed E-state index contributed by atoms with van der Waals surface area (Å²) >= 11 is 0. The van der Waals surface area contributed by atoms with E-state index in [-0.39, 0.29) is 11.3 Å². The average Bonchev–Trinajstić information content (AvgIpc) is 2.30. The van der Waals surface area contributed by atoms with E-state index in [1.807, 2.05) is 0 Å². The van der Waals surface area contributed by atoms with E-state index in [0.29, 0.717) is 0 Å². The minimum atomic E-state index is -1.23. The lowest BCUT2D eigenvalue weighted by atomic mass is 10.2. The number of ether oxygens (including phenoxy) is 1. The second kappa shape index (κ2) is 5.29. The molecule has 0 heterocycles. The van der Waals surface area contributed by atoms with Crippen LogP contribution in [0.5, 0.6) is 5.75 Å². The van der Waals surface area contributed by atoms with Gasteiger partial charge < -0.3 is 15.2 Å². The Kier molecular flexibility index (Phi) is 4.03. The van der Waals surface area contributed by atoms with Crippen molar-refractivity contribution in [2.75, 3.05) is 7.05 Å². The Morgan fingerprint density at radius 1 is 1.47 bits per heavy atom. The molecule has 1 aromatic rings. The second-order valence-corrected chi connectivity index (χ2v) is 3.32. The number of carboxylic acids is 1. The number of amides is 1. The van der Waals surface area contributed by atoms with Crippen LogP contribution in [0, 0.1) is 5.82 Å². The lowest BCUT2D eigenvalue weighted by Crippen LogP contribution is -2.33. The first-order chi connectivity index (χ1) is 7.95. The maximum absolute atomic E-state index is 13.4. The highest BCUT2D eigenvalue weighted by Crippen LogP contribution is 2.19. The Labute approximate surface area is 97.2 Å². The number of aromatic carboxylic acids is 1. The number of likely N-dealkylation sites (N-methyl/N-ethyl adjacent to an activating group) is 1. The zero-order valence-corrected chi connectivity index (χ0v) is 9.36. The molecule has 0 fully saturated rings. The molecular formula is C11H12FNO4. The van der Waals surface area contributed by atoms with Crippen molar-refractivity contribution >= 4 is 11.9 Å². The molecule has 1 aromatic carbocycles. The maximum atomic E-state index is 13.4. The largest absolute Gasteiger partial charge is 0.478 e. The van der Waals surface area contributed by atoms with Crippen molar-refractivity contribution in [1.29, 1.82) is 0 Å². The topological polar surface area (TPSA) is 75.6 Å². The van der Waals surface area contributed by atoms with Crippen LogP contribution >= 0.6 is 0 Å². The molecule has 0 saturated carbocycles. The molecule has 1 unspecified atom stereocenters. The third-order valence-corrected chi connectivity index (χ3v) is 2.10. The van der Waals surface area contributed by atoms with Gasteiger partial charge >= 0.3 is 5.97 Å². The van der Waals surface area contributed by atoms with Crippen LogP contribution in [0.25, 0.3) is 0 Å². The molecule has 5 nitrogen and oxygen atoms in total. The van der Waals surface area contributed by atoms with Crippen molar-refractivity contribution in [2.45, 2.75) is 13.0 Å². The van der Waals surface area contributed by atoms with Crippen LogP contribution in [0.15, 0.2) is 18.2 Å². The van der Waals surface area contributed by atoms with Gasteiger partial charge in [0.15, 0.2) is 17.7 Å². The van der Waals surface area contributed by atoms with Gasteiger partial charge in [0.2, 0.25) is 0 Å². The number of hydrogen-bond donors (Lipinski definition) is 2. The van der Waals surface area contributed by atoms with E-state index in [1.165, 1.54) is 26.1 Å². The molecule has 2 N–H and O–H groups in total. The fraction of sp³-hybridized carbons (Fsp3) is 0.273. The van der Waals surface area contributed by atoms with Gasteiger partial charge in [0.05, 0.1) is 5.56 Å². The predicted molar refractivity (Wildman–Crippen MR) is 57.5 cm³/mol. The summed E-state index contributed by atoms with van der Waals surface area (Å²) in [6, 6.07) is 3.23. The van der Waals surface area contributed by atoms with E-state index < -0.39 is 23.8 Å². The van der Waals surface area contributed by atoms with Crippen LogP contribution in [0.4, 0.5) is 4.39 Å². The summed E-state index contributed by atoms with van der Waals surface area (Å²) in [6.45, 7) is 1.46. The van der Waals surface area contributed by atoms with Gasteiger partial charge in [-0.3, -0.25) is 4.79 Å². The summed E-state index contributed by atoms with van der Waals surface area (Å²) in [6.07, 6.45) is -0.856. The van der Waals surface area contributed by atoms with Crippen molar-refractivity contribution in [1.82, 2.24) is 5.32 Å². The first-order valence-corrected chi connectivity index (χ1v) is 4.86. The number of carbonyl (C=O) groups excluding carboxylic acids is 1. The maximum Gasteiger partial charge on any atom is 0.335 e. The molecule has 6 heteroatoms. The summed E-state index contributed by atoms with van der Waals surface area (Å²) in [5.41, 5.74) is -0.178. The minimum Gasteiger partial charge on any atom is -0.478 e. The average molecular weight is 241 g/mol. The molecule has 1 amide bonds. The molecule has 17 heavy (non-hydrogen) atoms. The zero-order chi connectivity index (χ0) is 13.0. The van der Waals surface area contributed by atoms with Crippen molar-refractivity contribution < 1.29 is 23.8 Å². The van der Waals surface area contributed by atoms with Gasteiger partial charge in [-0.05, 0) is 25.1 Å². The molecule has 0 aromatic heterocycles. The van der Waals surface area contributed by atoms with E-state index in [1.54, 1.807) is 0 Å². The zero-order valence-electron chi connectivity index (χ0n) is 9.36. The van der Waals surface area contributed by atoms with E-state index in [2.05, 4.69) is 5.32 Å². The molecule has 0 aliphatic rings. The molecule has 0 aliphatic carbocycles. The van der Waals surface area contributed by atoms with Crippen LogP contribution in [-0.4, -0.2) is 30.1 Å². The number of benzene rings is 1. The van der Waals surface area contributed by atoms with Gasteiger partial charge in [-0.25, -0.2) is 9.18 Å². The Morgan fingerprint density at radius 2 is 2.12 bits per heavy atom. The Hall–Kier alpha value is -2.11. The number of carboxylic acid groups (broad SMARTS) is 1. The molecule has 0 radical (unpaired) electrons. The Balaban J connectivity index is 2.86. The van der Waals surface area contributed by atoms with Crippen molar-refractivity contribution in [2.24, 2.45) is 0 Å². The normalized spacial score (nSPS) is 11.7. The lowest BCUT2D eigenvalue weighted by molar-refractivity contribution is -0.126. The predicted octanol–water partition coefficient (Wildman–Crippen LogP) is 1.04. The standard InChI is InChI=1S/C11H12FNO4/c1-6(10(14)13-2)17-9-4-3-7(11(15)16)5-8(9)12/h3-6H,1-2H3,(H,13,14)(H,15,16). The van der Waals surface area contributed by atoms with Crippen molar-refractivity contribution in [3.63, 3.8) is 0 Å². The first-order valence-electron chi connectivity index (χ1n) is 4.86. The summed E-state index contributed by atoms with van der Waals surface area (Å²) in [7, 11) is 1.44. The first kappa shape index (κ1) is 13.0. The molecule has 1 atom stereocenters. The molecule has 0 aliphatic heterocycles. The third-order valence-electron chi connectivity index (χ3n) is 2.10. The van der Waals surface area contributed by atoms with Crippen molar-refractivity contribution in [3.8, 4) is 5.75 Å². The number of nitrogens with one attached hydrogen (secondary N) is 1. The van der Waals surface area contributed by atoms with Crippen LogP contribution < -0.4 is 10.1 Å². The highest BCUT2D eigenvalue weighted by Gasteiger charge is 2.16. The number of hydrogen-bond acceptors (Lipinski definition) is 3. The van der Waals surface area contributed by atoms with Gasteiger partial charge in [0.25, 0.3) is 5.91 Å². The molecular weight excluding hydrogens is 229 g/mol. The summed E-state index contributed by atoms with van der Waals surface area (Å²) in [4.78, 5) is 21.7. The second-order valence-electron chi connectivity index (χ2n) is 3.32. The monoisotopic (exact) mass is 241 g/mol. The highest BCUT2D eigenvalue weighted by molar-refractivity contribution is 5.87. The fourth-order valence-corrected chi connectivity index (χ4v) is 1.18. The van der Waals surface area contributed by atoms with Gasteiger partial charge in [-0.15, -0.1) is 0 Å². The molecule has 0 saturated heterocycles. The number of halogens is 1.